The van der Waals surface area contributed by atoms with Crippen molar-refractivity contribution in [3.8, 4) is 0 Å². The molecule has 0 radical (unpaired) electrons. The number of likely N-dealkylation sites (N-methyl/N-ethyl adjacent to an activating group) is 1. The van der Waals surface area contributed by atoms with E-state index in [1.54, 1.807) is 19.0 Å². The molecule has 22 heavy (non-hydrogen) atoms. The van der Waals surface area contributed by atoms with Crippen molar-refractivity contribution in [2.24, 2.45) is 11.7 Å². The largest absolute Gasteiger partial charge is 0.353 e. The van der Waals surface area contributed by atoms with Crippen molar-refractivity contribution in [2.75, 3.05) is 20.6 Å². The van der Waals surface area contributed by atoms with Crippen LogP contribution < -0.4 is 11.1 Å². The van der Waals surface area contributed by atoms with Gasteiger partial charge >= 0.3 is 0 Å². The summed E-state index contributed by atoms with van der Waals surface area (Å²) in [6.07, 6.45) is 0.562. The van der Waals surface area contributed by atoms with Gasteiger partial charge in [-0.3, -0.25) is 4.79 Å². The van der Waals surface area contributed by atoms with Crippen LogP contribution in [0.1, 0.15) is 31.9 Å². The van der Waals surface area contributed by atoms with E-state index in [0.717, 1.165) is 0 Å². The summed E-state index contributed by atoms with van der Waals surface area (Å²) < 4.78 is 27.8. The van der Waals surface area contributed by atoms with Gasteiger partial charge in [-0.1, -0.05) is 19.9 Å². The van der Waals surface area contributed by atoms with Gasteiger partial charge in [0.2, 0.25) is 5.91 Å². The van der Waals surface area contributed by atoms with Crippen LogP contribution in [0, 0.1) is 17.6 Å². The van der Waals surface area contributed by atoms with Crippen LogP contribution in [0.25, 0.3) is 0 Å². The number of hydrogen-bond donors (Lipinski definition) is 2. The van der Waals surface area contributed by atoms with Crippen molar-refractivity contribution in [1.82, 2.24) is 10.2 Å². The zero-order valence-corrected chi connectivity index (χ0v) is 13.6. The van der Waals surface area contributed by atoms with E-state index >= 15 is 0 Å². The maximum absolute atomic E-state index is 13.9. The van der Waals surface area contributed by atoms with Crippen molar-refractivity contribution in [3.05, 3.63) is 35.4 Å². The van der Waals surface area contributed by atoms with Crippen LogP contribution in [0.3, 0.4) is 0 Å². The Labute approximate surface area is 130 Å². The number of benzene rings is 1. The zero-order chi connectivity index (χ0) is 16.9. The Hall–Kier alpha value is -1.53. The monoisotopic (exact) mass is 313 g/mol. The quantitative estimate of drug-likeness (QED) is 0.810. The Kier molecular flexibility index (Phi) is 6.90. The number of carbonyl (C=O) groups is 1. The average molecular weight is 313 g/mol. The number of halogens is 2. The zero-order valence-electron chi connectivity index (χ0n) is 13.6. The molecule has 124 valence electrons. The van der Waals surface area contributed by atoms with Crippen LogP contribution in [0.4, 0.5) is 8.78 Å². The van der Waals surface area contributed by atoms with Gasteiger partial charge in [0.25, 0.3) is 0 Å². The van der Waals surface area contributed by atoms with Crippen molar-refractivity contribution in [2.45, 2.75) is 32.4 Å². The van der Waals surface area contributed by atoms with Crippen molar-refractivity contribution >= 4 is 5.91 Å². The second kappa shape index (κ2) is 8.19. The maximum Gasteiger partial charge on any atom is 0.236 e. The highest BCUT2D eigenvalue weighted by atomic mass is 19.1. The molecule has 0 saturated carbocycles. The van der Waals surface area contributed by atoms with Crippen LogP contribution >= 0.6 is 0 Å². The van der Waals surface area contributed by atoms with Gasteiger partial charge in [0.1, 0.15) is 11.6 Å². The molecule has 4 nitrogen and oxygen atoms in total. The van der Waals surface area contributed by atoms with E-state index in [9.17, 15) is 13.6 Å². The van der Waals surface area contributed by atoms with Crippen molar-refractivity contribution < 1.29 is 13.6 Å². The number of carbonyl (C=O) groups excluding carboxylic acids is 1. The molecule has 1 aromatic rings. The van der Waals surface area contributed by atoms with E-state index in [1.165, 1.54) is 18.2 Å². The predicted octanol–water partition coefficient (Wildman–Crippen LogP) is 2.06. The number of hydrogen-bond acceptors (Lipinski definition) is 3. The standard InChI is InChI=1S/C16H25F2N3O/c1-10(2)8-13(19)16(22)20-9-14(21(3)4)15-11(17)6-5-7-12(15)18/h5-7,10,13-14H,8-9,19H2,1-4H3,(H,20,22)/t13-,14?/m0/s1. The minimum absolute atomic E-state index is 0.0507. The Morgan fingerprint density at radius 3 is 2.27 bits per heavy atom. The Balaban J connectivity index is 2.80. The maximum atomic E-state index is 13.9. The summed E-state index contributed by atoms with van der Waals surface area (Å²) in [7, 11) is 3.41. The summed E-state index contributed by atoms with van der Waals surface area (Å²) in [5, 5.41) is 2.68. The molecule has 0 spiro atoms. The Bertz CT molecular complexity index is 486. The minimum atomic E-state index is -0.626. The van der Waals surface area contributed by atoms with Crippen molar-refractivity contribution in [3.63, 3.8) is 0 Å². The van der Waals surface area contributed by atoms with Crippen LogP contribution in [-0.2, 0) is 4.79 Å². The van der Waals surface area contributed by atoms with E-state index < -0.39 is 23.7 Å². The lowest BCUT2D eigenvalue weighted by Gasteiger charge is -2.26. The van der Waals surface area contributed by atoms with Gasteiger partial charge in [0.05, 0.1) is 12.1 Å². The summed E-state index contributed by atoms with van der Waals surface area (Å²) >= 11 is 0. The number of nitrogens with zero attached hydrogens (tertiary/aromatic N) is 1. The number of nitrogens with one attached hydrogen (secondary N) is 1. The second-order valence-corrected chi connectivity index (χ2v) is 6.10. The number of amides is 1. The lowest BCUT2D eigenvalue weighted by Crippen LogP contribution is -2.44. The molecule has 1 unspecified atom stereocenters. The fourth-order valence-electron chi connectivity index (χ4n) is 2.32. The summed E-state index contributed by atoms with van der Waals surface area (Å²) in [4.78, 5) is 13.6. The van der Waals surface area contributed by atoms with Gasteiger partial charge in [-0.05, 0) is 38.6 Å². The SMILES string of the molecule is CC(C)C[C@H](N)C(=O)NCC(c1c(F)cccc1F)N(C)C. The first-order valence-electron chi connectivity index (χ1n) is 7.37. The molecule has 0 aromatic heterocycles. The Morgan fingerprint density at radius 2 is 1.82 bits per heavy atom. The smallest absolute Gasteiger partial charge is 0.236 e. The molecular formula is C16H25F2N3O. The van der Waals surface area contributed by atoms with Gasteiger partial charge < -0.3 is 16.0 Å². The molecule has 0 aliphatic heterocycles. The topological polar surface area (TPSA) is 58.4 Å². The van der Waals surface area contributed by atoms with E-state index in [1.807, 2.05) is 13.8 Å². The molecule has 0 bridgehead atoms. The van der Waals surface area contributed by atoms with Crippen LogP contribution in [0.5, 0.6) is 0 Å². The van der Waals surface area contributed by atoms with Crippen molar-refractivity contribution in [1.29, 1.82) is 0 Å². The molecular weight excluding hydrogens is 288 g/mol. The first-order valence-corrected chi connectivity index (χ1v) is 7.37. The first kappa shape index (κ1) is 18.5. The van der Waals surface area contributed by atoms with Gasteiger partial charge in [-0.25, -0.2) is 8.78 Å². The van der Waals surface area contributed by atoms with Gasteiger partial charge in [-0.2, -0.15) is 0 Å². The average Bonchev–Trinajstić information content (AvgIpc) is 2.40. The fraction of sp³-hybridized carbons (Fsp3) is 0.562. The lowest BCUT2D eigenvalue weighted by atomic mass is 10.0. The minimum Gasteiger partial charge on any atom is -0.353 e. The highest BCUT2D eigenvalue weighted by Crippen LogP contribution is 2.23. The van der Waals surface area contributed by atoms with Crippen LogP contribution in [0.2, 0.25) is 0 Å². The van der Waals surface area contributed by atoms with Crippen LogP contribution in [0.15, 0.2) is 18.2 Å². The summed E-state index contributed by atoms with van der Waals surface area (Å²) in [5.41, 5.74) is 5.75. The normalized spacial score (nSPS) is 14.2. The molecule has 0 fully saturated rings. The van der Waals surface area contributed by atoms with E-state index in [0.29, 0.717) is 12.3 Å². The second-order valence-electron chi connectivity index (χ2n) is 6.10. The lowest BCUT2D eigenvalue weighted by molar-refractivity contribution is -0.122. The third-order valence-electron chi connectivity index (χ3n) is 3.49. The predicted molar refractivity (Wildman–Crippen MR) is 83.2 cm³/mol. The van der Waals surface area contributed by atoms with Gasteiger partial charge in [0, 0.05) is 12.1 Å². The molecule has 2 atom stereocenters. The molecule has 1 rings (SSSR count). The molecule has 1 aromatic carbocycles. The fourth-order valence-corrected chi connectivity index (χ4v) is 2.32. The highest BCUT2D eigenvalue weighted by Gasteiger charge is 2.24. The summed E-state index contributed by atoms with van der Waals surface area (Å²) in [5.74, 6) is -1.26. The molecule has 0 heterocycles. The van der Waals surface area contributed by atoms with E-state index in [2.05, 4.69) is 5.32 Å². The molecule has 3 N–H and O–H groups in total. The van der Waals surface area contributed by atoms with Crippen LogP contribution in [-0.4, -0.2) is 37.5 Å². The Morgan fingerprint density at radius 1 is 1.27 bits per heavy atom. The summed E-state index contributed by atoms with van der Waals surface area (Å²) in [6, 6.07) is 2.52. The molecule has 0 aliphatic rings. The highest BCUT2D eigenvalue weighted by molar-refractivity contribution is 5.81. The molecule has 6 heteroatoms. The molecule has 0 aliphatic carbocycles. The van der Waals surface area contributed by atoms with E-state index in [-0.39, 0.29) is 18.0 Å². The summed E-state index contributed by atoms with van der Waals surface area (Å²) in [6.45, 7) is 4.05. The number of rotatable bonds is 7. The van der Waals surface area contributed by atoms with E-state index in [4.69, 9.17) is 5.73 Å². The third kappa shape index (κ3) is 5.03. The van der Waals surface area contributed by atoms with Gasteiger partial charge in [0.15, 0.2) is 0 Å². The number of nitrogens with two attached hydrogens (primary N) is 1. The molecule has 1 amide bonds. The third-order valence-corrected chi connectivity index (χ3v) is 3.49. The van der Waals surface area contributed by atoms with Gasteiger partial charge in [-0.15, -0.1) is 0 Å². The first-order chi connectivity index (χ1) is 10.2. The molecule has 0 saturated heterocycles.